The van der Waals surface area contributed by atoms with Crippen molar-refractivity contribution in [3.63, 3.8) is 0 Å². The second kappa shape index (κ2) is 16.7. The maximum Gasteiger partial charge on any atom is 0.166 e. The van der Waals surface area contributed by atoms with Gasteiger partial charge in [0.05, 0.1) is 17.1 Å². The fourth-order valence-corrected chi connectivity index (χ4v) is 14.7. The lowest BCUT2D eigenvalue weighted by atomic mass is 9.44. The molecule has 11 rings (SSSR count). The number of benzene rings is 2. The molecule has 0 spiro atoms. The standard InChI is InChI=1S/C59H70N4O/c1-37(2)13-12-14-38(3)46-23-24-47-45-22-19-41-35-44(31-33-58(41,4)48(45)32-34-59(46,47)5)64-57-53-29-27-51(62-53)55(39-15-8-6-9-16-39)49-25-20-42(60-49)36-43-21-26-50(61-43)56(40-17-10-7-11-18-40)52-28-30-54(57)63-52/h6-11,15-18,20-21,25-30,36-38,41,44-48,60-63H,12-14,19,22-24,31-35H2,1-5H3/t38-,41?,44+,45+,46-,47+,48+,58+,59-/m1/s1. The molecule has 0 saturated heterocycles. The van der Waals surface area contributed by atoms with Gasteiger partial charge in [0.25, 0.3) is 0 Å². The van der Waals surface area contributed by atoms with Crippen LogP contribution in [0.2, 0.25) is 0 Å². The van der Waals surface area contributed by atoms with E-state index in [2.05, 4.69) is 170 Å². The summed E-state index contributed by atoms with van der Waals surface area (Å²) in [6.45, 7) is 12.9. The molecule has 1 aliphatic heterocycles. The molecular weight excluding hydrogens is 781 g/mol. The largest absolute Gasteiger partial charge is 0.486 e. The highest BCUT2D eigenvalue weighted by molar-refractivity contribution is 5.79. The van der Waals surface area contributed by atoms with E-state index in [0.29, 0.717) is 16.7 Å². The summed E-state index contributed by atoms with van der Waals surface area (Å²) in [7, 11) is 0. The van der Waals surface area contributed by atoms with Crippen LogP contribution in [-0.2, 0) is 4.74 Å². The minimum absolute atomic E-state index is 0.160. The van der Waals surface area contributed by atoms with Crippen molar-refractivity contribution in [1.29, 1.82) is 0 Å². The first kappa shape index (κ1) is 41.5. The highest BCUT2D eigenvalue weighted by Gasteiger charge is 2.60. The zero-order chi connectivity index (χ0) is 43.6. The first-order valence-corrected chi connectivity index (χ1v) is 25.2. The molecule has 5 heterocycles. The summed E-state index contributed by atoms with van der Waals surface area (Å²) in [5.74, 6) is 6.87. The average Bonchev–Trinajstić information content (AvgIpc) is 4.16. The molecule has 4 aliphatic carbocycles. The Labute approximate surface area is 380 Å². The zero-order valence-electron chi connectivity index (χ0n) is 39.0. The second-order valence-corrected chi connectivity index (χ2v) is 21.9. The Balaban J connectivity index is 0.938. The van der Waals surface area contributed by atoms with Crippen molar-refractivity contribution < 1.29 is 4.74 Å². The molecule has 4 saturated carbocycles. The number of rotatable bonds is 9. The number of aromatic nitrogens is 4. The van der Waals surface area contributed by atoms with E-state index in [1.807, 2.05) is 0 Å². The van der Waals surface area contributed by atoms with Crippen LogP contribution in [0, 0.1) is 52.3 Å². The fourth-order valence-electron chi connectivity index (χ4n) is 14.7. The zero-order valence-corrected chi connectivity index (χ0v) is 39.0. The summed E-state index contributed by atoms with van der Waals surface area (Å²) in [6, 6.07) is 39.2. The van der Waals surface area contributed by atoms with Gasteiger partial charge in [-0.1, -0.05) is 115 Å². The first-order chi connectivity index (χ1) is 31.1. The highest BCUT2D eigenvalue weighted by Crippen LogP contribution is 2.68. The molecule has 6 aromatic rings. The van der Waals surface area contributed by atoms with E-state index in [0.717, 1.165) is 121 Å². The molecule has 4 fully saturated rings. The van der Waals surface area contributed by atoms with Crippen molar-refractivity contribution in [3.8, 4) is 0 Å². The normalized spacial score (nSPS) is 29.2. The number of ether oxygens (including phenoxy) is 1. The fraction of sp³-hybridized carbons (Fsp3) is 0.458. The molecule has 5 nitrogen and oxygen atoms in total. The average molecular weight is 851 g/mol. The van der Waals surface area contributed by atoms with Crippen LogP contribution in [0.15, 0.2) is 109 Å². The number of nitrogens with one attached hydrogen (secondary N) is 4. The van der Waals surface area contributed by atoms with Gasteiger partial charge in [0.2, 0.25) is 0 Å². The minimum atomic E-state index is 0.160. The van der Waals surface area contributed by atoms with Crippen molar-refractivity contribution in [2.45, 2.75) is 118 Å². The van der Waals surface area contributed by atoms with Gasteiger partial charge in [-0.25, -0.2) is 0 Å². The van der Waals surface area contributed by atoms with E-state index >= 15 is 0 Å². The molecule has 64 heavy (non-hydrogen) atoms. The first-order valence-electron chi connectivity index (χ1n) is 25.2. The molecule has 4 N–H and O–H groups in total. The van der Waals surface area contributed by atoms with Gasteiger partial charge in [0, 0.05) is 44.3 Å². The smallest absolute Gasteiger partial charge is 0.166 e. The molecule has 2 aromatic carbocycles. The van der Waals surface area contributed by atoms with Gasteiger partial charge in [-0.15, -0.1) is 0 Å². The summed E-state index contributed by atoms with van der Waals surface area (Å²) in [6.07, 6.45) is 18.7. The van der Waals surface area contributed by atoms with Crippen molar-refractivity contribution in [1.82, 2.24) is 19.9 Å². The van der Waals surface area contributed by atoms with Crippen LogP contribution in [0.4, 0.5) is 0 Å². The van der Waals surface area contributed by atoms with Crippen LogP contribution in [0.25, 0.3) is 23.0 Å². The monoisotopic (exact) mass is 851 g/mol. The van der Waals surface area contributed by atoms with Crippen molar-refractivity contribution in [2.75, 3.05) is 0 Å². The Morgan fingerprint density at radius 2 is 1.23 bits per heavy atom. The Morgan fingerprint density at radius 3 is 2.00 bits per heavy atom. The van der Waals surface area contributed by atoms with Crippen LogP contribution >= 0.6 is 0 Å². The summed E-state index contributed by atoms with van der Waals surface area (Å²) in [4.78, 5) is 15.4. The van der Waals surface area contributed by atoms with Crippen LogP contribution in [0.3, 0.4) is 0 Å². The molecule has 5 heteroatoms. The second-order valence-electron chi connectivity index (χ2n) is 21.9. The molecular formula is C59H70N4O. The lowest BCUT2D eigenvalue weighted by Gasteiger charge is -2.61. The Morgan fingerprint density at radius 1 is 0.578 bits per heavy atom. The third-order valence-electron chi connectivity index (χ3n) is 17.9. The molecule has 1 unspecified atom stereocenters. The Kier molecular flexibility index (Phi) is 10.8. The number of hydrogen-bond donors (Lipinski definition) is 4. The van der Waals surface area contributed by atoms with Gasteiger partial charge in [0.15, 0.2) is 5.76 Å². The maximum absolute atomic E-state index is 7.49. The van der Waals surface area contributed by atoms with Gasteiger partial charge in [-0.3, -0.25) is 0 Å². The van der Waals surface area contributed by atoms with Crippen molar-refractivity contribution in [2.24, 2.45) is 52.3 Å². The molecule has 0 amide bonds. The van der Waals surface area contributed by atoms with Gasteiger partial charge in [0.1, 0.15) is 0 Å². The van der Waals surface area contributed by atoms with Crippen LogP contribution in [0.1, 0.15) is 146 Å². The highest BCUT2D eigenvalue weighted by atomic mass is 16.5. The van der Waals surface area contributed by atoms with E-state index in [1.54, 1.807) is 0 Å². The minimum Gasteiger partial charge on any atom is -0.486 e. The number of aromatic amines is 4. The third kappa shape index (κ3) is 7.39. The summed E-state index contributed by atoms with van der Waals surface area (Å²) < 4.78 is 7.49. The Bertz CT molecular complexity index is 2850. The molecule has 4 aromatic heterocycles. The third-order valence-corrected chi connectivity index (χ3v) is 17.9. The SMILES string of the molecule is CC(C)CCC[C@@H](C)[C@H]1CC[C@H]2[C@@H]3CCC4C[C@@H](OC5=c6ccc([nH]6)=C(c6ccccc6)c6ccc([nH]6)C=c6ccc([nH]6)=C(c6ccccc6)c6ccc5[nH]6)CC[C@]4(C)[C@H]3CC[C@]12C. The van der Waals surface area contributed by atoms with E-state index in [-0.39, 0.29) is 6.10 Å². The molecule has 8 bridgehead atoms. The van der Waals surface area contributed by atoms with Gasteiger partial charge < -0.3 is 24.7 Å². The predicted molar refractivity (Wildman–Crippen MR) is 262 cm³/mol. The Hall–Kier alpha value is -5.16. The maximum atomic E-state index is 7.49. The van der Waals surface area contributed by atoms with Gasteiger partial charge >= 0.3 is 0 Å². The molecule has 332 valence electrons. The number of hydrogen-bond acceptors (Lipinski definition) is 1. The van der Waals surface area contributed by atoms with E-state index in [1.165, 1.54) is 64.2 Å². The summed E-state index contributed by atoms with van der Waals surface area (Å²) in [5, 5.41) is 4.18. The van der Waals surface area contributed by atoms with Crippen LogP contribution in [0.5, 0.6) is 0 Å². The van der Waals surface area contributed by atoms with Crippen LogP contribution < -0.4 is 21.4 Å². The van der Waals surface area contributed by atoms with Gasteiger partial charge in [-0.2, -0.15) is 0 Å². The van der Waals surface area contributed by atoms with E-state index < -0.39 is 0 Å². The quantitative estimate of drug-likeness (QED) is 0.115. The van der Waals surface area contributed by atoms with Crippen LogP contribution in [-0.4, -0.2) is 26.0 Å². The summed E-state index contributed by atoms with van der Waals surface area (Å²) >= 11 is 0. The lowest BCUT2D eigenvalue weighted by Crippen LogP contribution is -2.54. The number of fused-ring (bicyclic) bond motifs is 13. The molecule has 5 aliphatic rings. The predicted octanol–water partition coefficient (Wildman–Crippen LogP) is 11.3. The topological polar surface area (TPSA) is 72.4 Å². The van der Waals surface area contributed by atoms with Crippen molar-refractivity contribution in [3.05, 3.63) is 164 Å². The van der Waals surface area contributed by atoms with Crippen molar-refractivity contribution >= 4 is 23.0 Å². The molecule has 9 atom stereocenters. The molecule has 0 radical (unpaired) electrons. The lowest BCUT2D eigenvalue weighted by molar-refractivity contribution is -0.129. The van der Waals surface area contributed by atoms with Gasteiger partial charge in [-0.05, 0) is 176 Å². The van der Waals surface area contributed by atoms with E-state index in [4.69, 9.17) is 4.74 Å². The summed E-state index contributed by atoms with van der Waals surface area (Å²) in [5.41, 5.74) is 9.71. The van der Waals surface area contributed by atoms with E-state index in [9.17, 15) is 0 Å². The number of H-pyrrole nitrogens is 4.